The molecule has 0 spiro atoms. The van der Waals surface area contributed by atoms with E-state index in [1.807, 2.05) is 23.7 Å². The molecule has 0 radical (unpaired) electrons. The van der Waals surface area contributed by atoms with Crippen LogP contribution in [-0.2, 0) is 11.8 Å². The van der Waals surface area contributed by atoms with Crippen molar-refractivity contribution in [1.29, 1.82) is 5.26 Å². The van der Waals surface area contributed by atoms with E-state index in [2.05, 4.69) is 27.9 Å². The van der Waals surface area contributed by atoms with Gasteiger partial charge in [-0.05, 0) is 55.2 Å². The number of likely N-dealkylation sites (tertiary alicyclic amines) is 1. The lowest BCUT2D eigenvalue weighted by molar-refractivity contribution is -0.112. The van der Waals surface area contributed by atoms with Gasteiger partial charge in [-0.3, -0.25) is 9.59 Å². The Bertz CT molecular complexity index is 1680. The minimum absolute atomic E-state index is 0.0930. The van der Waals surface area contributed by atoms with Crippen molar-refractivity contribution >= 4 is 34.4 Å². The summed E-state index contributed by atoms with van der Waals surface area (Å²) in [5.74, 6) is -1.25. The SMILES string of the molecule is C=C(C)C(=O)Nc1ccc(-c2c(-c3ccc(C(=O)N4CCC[C@H]4C#N)c(F)c3)c3c(N)ncnc3n2C)cc1. The van der Waals surface area contributed by atoms with Gasteiger partial charge in [-0.15, -0.1) is 0 Å². The molecule has 3 N–H and O–H groups in total. The molecular formula is C29H26FN7O2. The molecule has 1 aliphatic rings. The largest absolute Gasteiger partial charge is 0.383 e. The van der Waals surface area contributed by atoms with Crippen LogP contribution in [0, 0.1) is 17.1 Å². The Labute approximate surface area is 224 Å². The molecule has 39 heavy (non-hydrogen) atoms. The zero-order valence-corrected chi connectivity index (χ0v) is 21.5. The normalized spacial score (nSPS) is 14.8. The molecule has 1 fully saturated rings. The van der Waals surface area contributed by atoms with E-state index in [-0.39, 0.29) is 17.3 Å². The summed E-state index contributed by atoms with van der Waals surface area (Å²) in [7, 11) is 1.83. The van der Waals surface area contributed by atoms with Crippen LogP contribution < -0.4 is 11.1 Å². The molecule has 5 rings (SSSR count). The molecule has 0 unspecified atom stereocenters. The molecule has 0 aliphatic carbocycles. The van der Waals surface area contributed by atoms with Gasteiger partial charge in [0, 0.05) is 30.4 Å². The number of amides is 2. The molecule has 1 atom stereocenters. The molecule has 1 saturated heterocycles. The third kappa shape index (κ3) is 4.48. The fourth-order valence-electron chi connectivity index (χ4n) is 4.99. The summed E-state index contributed by atoms with van der Waals surface area (Å²) in [6.45, 7) is 5.70. The highest BCUT2D eigenvalue weighted by Gasteiger charge is 2.31. The summed E-state index contributed by atoms with van der Waals surface area (Å²) in [6, 6.07) is 13.2. The molecule has 3 heterocycles. The second-order valence-corrected chi connectivity index (χ2v) is 9.53. The maximum Gasteiger partial charge on any atom is 0.257 e. The summed E-state index contributed by atoms with van der Waals surface area (Å²) in [6.07, 6.45) is 2.65. The molecule has 2 aromatic heterocycles. The predicted molar refractivity (Wildman–Crippen MR) is 147 cm³/mol. The number of nitrogens with zero attached hydrogens (tertiary/aromatic N) is 5. The highest BCUT2D eigenvalue weighted by molar-refractivity contribution is 6.08. The first kappa shape index (κ1) is 25.6. The van der Waals surface area contributed by atoms with E-state index in [0.29, 0.717) is 58.5 Å². The topological polar surface area (TPSA) is 130 Å². The second kappa shape index (κ2) is 10.0. The third-order valence-corrected chi connectivity index (χ3v) is 6.95. The number of aryl methyl sites for hydroxylation is 1. The van der Waals surface area contributed by atoms with Crippen molar-refractivity contribution in [3.63, 3.8) is 0 Å². The number of aromatic nitrogens is 3. The number of nitrogen functional groups attached to an aromatic ring is 1. The van der Waals surface area contributed by atoms with E-state index in [0.717, 1.165) is 5.56 Å². The number of hydrogen-bond acceptors (Lipinski definition) is 6. The average Bonchev–Trinajstić information content (AvgIpc) is 3.52. The predicted octanol–water partition coefficient (Wildman–Crippen LogP) is 4.67. The molecule has 9 nitrogen and oxygen atoms in total. The summed E-state index contributed by atoms with van der Waals surface area (Å²) < 4.78 is 17.4. The summed E-state index contributed by atoms with van der Waals surface area (Å²) in [4.78, 5) is 35.1. The Hall–Kier alpha value is -5.04. The monoisotopic (exact) mass is 523 g/mol. The number of rotatable bonds is 5. The van der Waals surface area contributed by atoms with Crippen molar-refractivity contribution in [2.45, 2.75) is 25.8 Å². The van der Waals surface area contributed by atoms with Crippen molar-refractivity contribution in [1.82, 2.24) is 19.4 Å². The molecule has 0 bridgehead atoms. The van der Waals surface area contributed by atoms with Gasteiger partial charge in [0.15, 0.2) is 0 Å². The highest BCUT2D eigenvalue weighted by atomic mass is 19.1. The van der Waals surface area contributed by atoms with Crippen LogP contribution >= 0.6 is 0 Å². The van der Waals surface area contributed by atoms with Crippen LogP contribution in [0.25, 0.3) is 33.4 Å². The standard InChI is InChI=1S/C29H26FN7O2/c1-16(2)28(38)35-19-9-6-17(7-10-19)25-23(24-26(32)33-15-34-27(24)36(25)3)18-8-11-21(22(30)13-18)29(39)37-12-4-5-20(37)14-31/h6-11,13,15,20H,1,4-5,12H2,2-3H3,(H,35,38)(H2,32,33,34)/t20-/m0/s1. The van der Waals surface area contributed by atoms with Crippen molar-refractivity contribution in [2.24, 2.45) is 7.05 Å². The van der Waals surface area contributed by atoms with Gasteiger partial charge in [0.2, 0.25) is 0 Å². The summed E-state index contributed by atoms with van der Waals surface area (Å²) in [5, 5.41) is 12.7. The Balaban J connectivity index is 1.61. The lowest BCUT2D eigenvalue weighted by Gasteiger charge is -2.20. The number of nitrogens with one attached hydrogen (secondary N) is 1. The van der Waals surface area contributed by atoms with Crippen LogP contribution in [-0.4, -0.2) is 43.8 Å². The molecule has 2 amide bonds. The fraction of sp³-hybridized carbons (Fsp3) is 0.207. The van der Waals surface area contributed by atoms with E-state index >= 15 is 4.39 Å². The molecule has 1 aliphatic heterocycles. The van der Waals surface area contributed by atoms with E-state index in [4.69, 9.17) is 5.73 Å². The number of nitriles is 1. The number of benzene rings is 2. The number of hydrogen-bond donors (Lipinski definition) is 2. The van der Waals surface area contributed by atoms with Gasteiger partial charge in [-0.25, -0.2) is 14.4 Å². The molecule has 196 valence electrons. The van der Waals surface area contributed by atoms with Crippen molar-refractivity contribution in [3.8, 4) is 28.5 Å². The third-order valence-electron chi connectivity index (χ3n) is 6.95. The van der Waals surface area contributed by atoms with Gasteiger partial charge in [-0.2, -0.15) is 5.26 Å². The van der Waals surface area contributed by atoms with E-state index in [9.17, 15) is 14.9 Å². The van der Waals surface area contributed by atoms with Gasteiger partial charge in [0.1, 0.15) is 29.7 Å². The highest BCUT2D eigenvalue weighted by Crippen LogP contribution is 2.42. The van der Waals surface area contributed by atoms with E-state index in [1.54, 1.807) is 25.1 Å². The zero-order chi connectivity index (χ0) is 27.8. The van der Waals surface area contributed by atoms with Gasteiger partial charge in [0.05, 0.1) is 22.7 Å². The number of carbonyl (C=O) groups is 2. The Kier molecular flexibility index (Phi) is 6.58. The fourth-order valence-corrected chi connectivity index (χ4v) is 4.99. The first-order valence-electron chi connectivity index (χ1n) is 12.4. The van der Waals surface area contributed by atoms with Crippen molar-refractivity contribution in [2.75, 3.05) is 17.6 Å². The summed E-state index contributed by atoms with van der Waals surface area (Å²) in [5.41, 5.74) is 10.3. The van der Waals surface area contributed by atoms with Gasteiger partial charge >= 0.3 is 0 Å². The van der Waals surface area contributed by atoms with Crippen LogP contribution in [0.5, 0.6) is 0 Å². The van der Waals surface area contributed by atoms with Gasteiger partial charge in [-0.1, -0.05) is 24.8 Å². The quantitative estimate of drug-likeness (QED) is 0.366. The van der Waals surface area contributed by atoms with Crippen molar-refractivity contribution in [3.05, 3.63) is 72.3 Å². The first-order chi connectivity index (χ1) is 18.7. The molecule has 10 heteroatoms. The van der Waals surface area contributed by atoms with Crippen LogP contribution in [0.2, 0.25) is 0 Å². The van der Waals surface area contributed by atoms with Crippen LogP contribution in [0.15, 0.2) is 60.9 Å². The number of carbonyl (C=O) groups excluding carboxylic acids is 2. The van der Waals surface area contributed by atoms with Gasteiger partial charge in [0.25, 0.3) is 11.8 Å². The summed E-state index contributed by atoms with van der Waals surface area (Å²) >= 11 is 0. The van der Waals surface area contributed by atoms with E-state index < -0.39 is 17.8 Å². The van der Waals surface area contributed by atoms with Crippen molar-refractivity contribution < 1.29 is 14.0 Å². The minimum Gasteiger partial charge on any atom is -0.383 e. The number of anilines is 2. The number of nitrogens with two attached hydrogens (primary N) is 1. The lowest BCUT2D eigenvalue weighted by atomic mass is 9.97. The Morgan fingerprint density at radius 3 is 2.56 bits per heavy atom. The first-order valence-corrected chi connectivity index (χ1v) is 12.4. The molecular weight excluding hydrogens is 497 g/mol. The van der Waals surface area contributed by atoms with Crippen LogP contribution in [0.3, 0.4) is 0 Å². The molecule has 0 saturated carbocycles. The van der Waals surface area contributed by atoms with Gasteiger partial charge < -0.3 is 20.5 Å². The smallest absolute Gasteiger partial charge is 0.257 e. The number of halogens is 1. The van der Waals surface area contributed by atoms with Crippen LogP contribution in [0.1, 0.15) is 30.1 Å². The molecule has 4 aromatic rings. The molecule has 2 aromatic carbocycles. The van der Waals surface area contributed by atoms with E-state index in [1.165, 1.54) is 23.4 Å². The minimum atomic E-state index is -0.697. The maximum absolute atomic E-state index is 15.5. The lowest BCUT2D eigenvalue weighted by Crippen LogP contribution is -2.35. The number of fused-ring (bicyclic) bond motifs is 1. The second-order valence-electron chi connectivity index (χ2n) is 9.53. The Morgan fingerprint density at radius 2 is 1.90 bits per heavy atom. The average molecular weight is 524 g/mol. The maximum atomic E-state index is 15.5. The zero-order valence-electron chi connectivity index (χ0n) is 21.5. The Morgan fingerprint density at radius 1 is 1.18 bits per heavy atom. The van der Waals surface area contributed by atoms with Crippen LogP contribution in [0.4, 0.5) is 15.9 Å².